The first-order valence-electron chi connectivity index (χ1n) is 6.91. The second-order valence-electron chi connectivity index (χ2n) is 5.43. The fraction of sp³-hybridized carbons (Fsp3) is 0.571. The number of aromatic nitrogens is 1. The zero-order chi connectivity index (χ0) is 15.5. The number of hydrogen-bond acceptors (Lipinski definition) is 3. The van der Waals surface area contributed by atoms with E-state index in [4.69, 9.17) is 5.73 Å². The molecule has 0 aliphatic heterocycles. The molecule has 1 amide bonds. The molecule has 3 N–H and O–H groups in total. The van der Waals surface area contributed by atoms with Crippen LogP contribution in [0.2, 0.25) is 0 Å². The van der Waals surface area contributed by atoms with Crippen LogP contribution in [0.4, 0.5) is 18.9 Å². The Labute approximate surface area is 120 Å². The van der Waals surface area contributed by atoms with E-state index in [-0.39, 0.29) is 25.2 Å². The highest BCUT2D eigenvalue weighted by Crippen LogP contribution is 2.37. The van der Waals surface area contributed by atoms with Gasteiger partial charge in [-0.2, -0.15) is 13.2 Å². The Morgan fingerprint density at radius 1 is 1.38 bits per heavy atom. The van der Waals surface area contributed by atoms with Gasteiger partial charge >= 0.3 is 6.18 Å². The normalized spacial score (nSPS) is 22.8. The minimum absolute atomic E-state index is 0.0373. The lowest BCUT2D eigenvalue weighted by molar-refractivity contribution is -0.184. The van der Waals surface area contributed by atoms with Crippen molar-refractivity contribution in [1.82, 2.24) is 10.3 Å². The highest BCUT2D eigenvalue weighted by molar-refractivity contribution is 5.78. The number of carbonyl (C=O) groups excluding carboxylic acids is 1. The largest absolute Gasteiger partial charge is 0.397 e. The van der Waals surface area contributed by atoms with Gasteiger partial charge < -0.3 is 11.1 Å². The third-order valence-electron chi connectivity index (χ3n) is 3.69. The van der Waals surface area contributed by atoms with Gasteiger partial charge in [0.2, 0.25) is 5.91 Å². The predicted octanol–water partition coefficient (Wildman–Crippen LogP) is 2.44. The predicted molar refractivity (Wildman–Crippen MR) is 72.3 cm³/mol. The summed E-state index contributed by atoms with van der Waals surface area (Å²) in [6.45, 7) is 0. The lowest BCUT2D eigenvalue weighted by Gasteiger charge is -2.31. The number of halogens is 3. The average molecular weight is 301 g/mol. The van der Waals surface area contributed by atoms with Gasteiger partial charge in [0, 0.05) is 11.7 Å². The number of carbonyl (C=O) groups is 1. The van der Waals surface area contributed by atoms with Crippen LogP contribution in [0.15, 0.2) is 18.3 Å². The average Bonchev–Trinajstić information content (AvgIpc) is 2.41. The number of anilines is 1. The van der Waals surface area contributed by atoms with E-state index in [2.05, 4.69) is 10.3 Å². The minimum Gasteiger partial charge on any atom is -0.397 e. The molecule has 0 radical (unpaired) electrons. The first kappa shape index (κ1) is 15.6. The Morgan fingerprint density at radius 3 is 2.76 bits per heavy atom. The monoisotopic (exact) mass is 301 g/mol. The molecule has 1 heterocycles. The number of nitrogens with one attached hydrogen (secondary N) is 1. The maximum Gasteiger partial charge on any atom is 0.391 e. The molecule has 2 rings (SSSR count). The number of amides is 1. The molecular weight excluding hydrogens is 283 g/mol. The van der Waals surface area contributed by atoms with E-state index in [9.17, 15) is 18.0 Å². The molecule has 2 unspecified atom stereocenters. The van der Waals surface area contributed by atoms with E-state index in [1.165, 1.54) is 6.20 Å². The van der Waals surface area contributed by atoms with Gasteiger partial charge in [0.05, 0.1) is 24.2 Å². The van der Waals surface area contributed by atoms with Crippen molar-refractivity contribution < 1.29 is 18.0 Å². The quantitative estimate of drug-likeness (QED) is 0.901. The molecule has 1 aliphatic rings. The summed E-state index contributed by atoms with van der Waals surface area (Å²) in [5.41, 5.74) is 6.54. The van der Waals surface area contributed by atoms with Crippen LogP contribution in [0.5, 0.6) is 0 Å². The Bertz CT molecular complexity index is 487. The molecule has 1 aromatic heterocycles. The molecule has 0 bridgehead atoms. The van der Waals surface area contributed by atoms with Crippen LogP contribution in [-0.2, 0) is 11.2 Å². The number of alkyl halides is 3. The van der Waals surface area contributed by atoms with E-state index >= 15 is 0 Å². The summed E-state index contributed by atoms with van der Waals surface area (Å²) in [5.74, 6) is -1.62. The molecule has 4 nitrogen and oxygen atoms in total. The molecule has 0 saturated heterocycles. The van der Waals surface area contributed by atoms with Crippen LogP contribution in [0.1, 0.15) is 31.4 Å². The van der Waals surface area contributed by atoms with Crippen molar-refractivity contribution in [2.24, 2.45) is 5.92 Å². The van der Waals surface area contributed by atoms with Gasteiger partial charge in [0.1, 0.15) is 0 Å². The van der Waals surface area contributed by atoms with Crippen molar-refractivity contribution in [1.29, 1.82) is 0 Å². The Hall–Kier alpha value is -1.79. The zero-order valence-corrected chi connectivity index (χ0v) is 11.5. The van der Waals surface area contributed by atoms with Crippen molar-refractivity contribution in [3.63, 3.8) is 0 Å². The number of nitrogens with zero attached hydrogens (tertiary/aromatic N) is 1. The van der Waals surface area contributed by atoms with Crippen LogP contribution in [-0.4, -0.2) is 23.1 Å². The highest BCUT2D eigenvalue weighted by Gasteiger charge is 2.42. The van der Waals surface area contributed by atoms with E-state index in [0.717, 1.165) is 0 Å². The minimum atomic E-state index is -4.18. The van der Waals surface area contributed by atoms with Crippen LogP contribution in [0.3, 0.4) is 0 Å². The first-order valence-corrected chi connectivity index (χ1v) is 6.91. The van der Waals surface area contributed by atoms with Crippen molar-refractivity contribution in [3.05, 3.63) is 24.0 Å². The zero-order valence-electron chi connectivity index (χ0n) is 11.5. The molecule has 0 spiro atoms. The Kier molecular flexibility index (Phi) is 4.69. The van der Waals surface area contributed by atoms with Crippen LogP contribution in [0, 0.1) is 5.92 Å². The molecule has 1 saturated carbocycles. The third kappa shape index (κ3) is 4.61. The number of nitrogen functional groups attached to an aromatic ring is 1. The van der Waals surface area contributed by atoms with Crippen molar-refractivity contribution in [2.75, 3.05) is 5.73 Å². The van der Waals surface area contributed by atoms with Gasteiger partial charge in [-0.1, -0.05) is 6.42 Å². The lowest BCUT2D eigenvalue weighted by atomic mass is 9.85. The molecule has 7 heteroatoms. The fourth-order valence-electron chi connectivity index (χ4n) is 2.60. The van der Waals surface area contributed by atoms with Gasteiger partial charge in [-0.05, 0) is 31.4 Å². The molecule has 2 atom stereocenters. The van der Waals surface area contributed by atoms with E-state index in [1.807, 2.05) is 0 Å². The SMILES string of the molecule is Nc1ccc(CC(=O)NC2CCCC(C(F)(F)F)C2)nc1. The second-order valence-corrected chi connectivity index (χ2v) is 5.43. The number of hydrogen-bond donors (Lipinski definition) is 2. The summed E-state index contributed by atoms with van der Waals surface area (Å²) in [6, 6.07) is 2.86. The lowest BCUT2D eigenvalue weighted by Crippen LogP contribution is -2.42. The second kappa shape index (κ2) is 6.32. The molecule has 1 fully saturated rings. The molecule has 116 valence electrons. The van der Waals surface area contributed by atoms with Gasteiger partial charge in [-0.15, -0.1) is 0 Å². The van der Waals surface area contributed by atoms with E-state index in [0.29, 0.717) is 24.2 Å². The first-order chi connectivity index (χ1) is 9.84. The molecule has 21 heavy (non-hydrogen) atoms. The smallest absolute Gasteiger partial charge is 0.391 e. The van der Waals surface area contributed by atoms with Crippen molar-refractivity contribution in [2.45, 2.75) is 44.3 Å². The maximum absolute atomic E-state index is 12.7. The molecular formula is C14H18F3N3O. The topological polar surface area (TPSA) is 68.0 Å². The van der Waals surface area contributed by atoms with Gasteiger partial charge in [-0.25, -0.2) is 0 Å². The molecule has 1 aromatic rings. The standard InChI is InChI=1S/C14H18F3N3O/c15-14(16,17)9-2-1-3-12(6-9)20-13(21)7-11-5-4-10(18)8-19-11/h4-5,8-9,12H,1-3,6-7,18H2,(H,20,21). The van der Waals surface area contributed by atoms with Crippen molar-refractivity contribution in [3.8, 4) is 0 Å². The van der Waals surface area contributed by atoms with E-state index < -0.39 is 18.1 Å². The van der Waals surface area contributed by atoms with Gasteiger partial charge in [-0.3, -0.25) is 9.78 Å². The van der Waals surface area contributed by atoms with Gasteiger partial charge in [0.25, 0.3) is 0 Å². The summed E-state index contributed by atoms with van der Waals surface area (Å²) in [6.07, 6.45) is -1.50. The van der Waals surface area contributed by atoms with Gasteiger partial charge in [0.15, 0.2) is 0 Å². The summed E-state index contributed by atoms with van der Waals surface area (Å²) in [5, 5.41) is 2.67. The Balaban J connectivity index is 1.86. The summed E-state index contributed by atoms with van der Waals surface area (Å²) >= 11 is 0. The summed E-state index contributed by atoms with van der Waals surface area (Å²) < 4.78 is 38.1. The highest BCUT2D eigenvalue weighted by atomic mass is 19.4. The van der Waals surface area contributed by atoms with Crippen LogP contribution < -0.4 is 11.1 Å². The molecule has 0 aromatic carbocycles. The van der Waals surface area contributed by atoms with E-state index in [1.54, 1.807) is 12.1 Å². The number of rotatable bonds is 3. The van der Waals surface area contributed by atoms with Crippen LogP contribution in [0.25, 0.3) is 0 Å². The Morgan fingerprint density at radius 2 is 2.14 bits per heavy atom. The summed E-state index contributed by atoms with van der Waals surface area (Å²) in [7, 11) is 0. The number of pyridine rings is 1. The third-order valence-corrected chi connectivity index (χ3v) is 3.69. The summed E-state index contributed by atoms with van der Waals surface area (Å²) in [4.78, 5) is 15.9. The molecule has 1 aliphatic carbocycles. The fourth-order valence-corrected chi connectivity index (χ4v) is 2.60. The van der Waals surface area contributed by atoms with Crippen LogP contribution >= 0.6 is 0 Å². The maximum atomic E-state index is 12.7. The number of nitrogens with two attached hydrogens (primary N) is 1. The van der Waals surface area contributed by atoms with Crippen molar-refractivity contribution >= 4 is 11.6 Å².